The first-order valence-corrected chi connectivity index (χ1v) is 13.9. The molecule has 0 unspecified atom stereocenters. The molecule has 6 rings (SSSR count). The SMILES string of the molecule is O=C(CSc1nc2c(c(=O)n1-c1ccccc1)C1(CCCCC1)Cc1ccccc1-2)Nc1ccccc1. The van der Waals surface area contributed by atoms with E-state index in [9.17, 15) is 9.59 Å². The smallest absolute Gasteiger partial charge is 0.263 e. The molecule has 0 saturated heterocycles. The Morgan fingerprint density at radius 2 is 1.57 bits per heavy atom. The van der Waals surface area contributed by atoms with Crippen molar-refractivity contribution in [3.8, 4) is 16.9 Å². The molecule has 1 amide bonds. The summed E-state index contributed by atoms with van der Waals surface area (Å²) in [6, 6.07) is 27.5. The van der Waals surface area contributed by atoms with Crippen LogP contribution >= 0.6 is 11.8 Å². The van der Waals surface area contributed by atoms with Gasteiger partial charge in [-0.3, -0.25) is 14.2 Å². The minimum absolute atomic E-state index is 0.00132. The highest BCUT2D eigenvalue weighted by molar-refractivity contribution is 7.99. The van der Waals surface area contributed by atoms with Crippen LogP contribution in [0.3, 0.4) is 0 Å². The van der Waals surface area contributed by atoms with Crippen molar-refractivity contribution in [3.05, 3.63) is 106 Å². The molecule has 1 N–H and O–H groups in total. The standard InChI is InChI=1S/C31H29N3O2S/c35-26(32-23-13-4-1-5-14-23)21-37-30-33-28-25-17-9-8-12-22(25)20-31(18-10-3-11-19-31)27(28)29(36)34(30)24-15-6-2-7-16-24/h1-2,4-9,12-17H,3,10-11,18-21H2,(H,32,35). The Labute approximate surface area is 221 Å². The molecular weight excluding hydrogens is 478 g/mol. The third-order valence-electron chi connectivity index (χ3n) is 7.60. The summed E-state index contributed by atoms with van der Waals surface area (Å²) < 4.78 is 1.73. The summed E-state index contributed by atoms with van der Waals surface area (Å²) in [5.41, 5.74) is 5.30. The van der Waals surface area contributed by atoms with Gasteiger partial charge in [0.05, 0.1) is 22.7 Å². The highest BCUT2D eigenvalue weighted by atomic mass is 32.2. The van der Waals surface area contributed by atoms with Gasteiger partial charge in [-0.15, -0.1) is 0 Å². The van der Waals surface area contributed by atoms with Gasteiger partial charge in [0.15, 0.2) is 5.16 Å². The molecule has 1 fully saturated rings. The van der Waals surface area contributed by atoms with E-state index in [1.807, 2.05) is 66.7 Å². The number of carbonyl (C=O) groups excluding carboxylic acids is 1. The highest BCUT2D eigenvalue weighted by Gasteiger charge is 2.43. The quantitative estimate of drug-likeness (QED) is 0.251. The van der Waals surface area contributed by atoms with Crippen LogP contribution in [0.4, 0.5) is 5.69 Å². The molecule has 6 heteroatoms. The molecule has 4 aromatic rings. The Hall–Kier alpha value is -3.64. The van der Waals surface area contributed by atoms with Crippen molar-refractivity contribution >= 4 is 23.4 Å². The van der Waals surface area contributed by atoms with Gasteiger partial charge in [0.25, 0.3) is 5.56 Å². The molecular formula is C31H29N3O2S. The van der Waals surface area contributed by atoms with Gasteiger partial charge in [0.2, 0.25) is 5.91 Å². The van der Waals surface area contributed by atoms with Gasteiger partial charge in [-0.25, -0.2) is 4.98 Å². The number of rotatable bonds is 5. The van der Waals surface area contributed by atoms with E-state index in [0.29, 0.717) is 5.16 Å². The number of fused-ring (bicyclic) bond motifs is 4. The largest absolute Gasteiger partial charge is 0.325 e. The van der Waals surface area contributed by atoms with Gasteiger partial charge in [-0.1, -0.05) is 91.7 Å². The molecule has 0 radical (unpaired) electrons. The number of thioether (sulfide) groups is 1. The number of carbonyl (C=O) groups is 1. The van der Waals surface area contributed by atoms with Crippen LogP contribution in [0.25, 0.3) is 16.9 Å². The zero-order valence-corrected chi connectivity index (χ0v) is 21.5. The molecule has 0 bridgehead atoms. The predicted molar refractivity (Wildman–Crippen MR) is 150 cm³/mol. The predicted octanol–water partition coefficient (Wildman–Crippen LogP) is 6.39. The van der Waals surface area contributed by atoms with Crippen LogP contribution in [-0.2, 0) is 16.6 Å². The molecule has 0 atom stereocenters. The Bertz CT molecular complexity index is 1490. The van der Waals surface area contributed by atoms with Crippen molar-refractivity contribution in [2.24, 2.45) is 0 Å². The maximum Gasteiger partial charge on any atom is 0.263 e. The minimum Gasteiger partial charge on any atom is -0.325 e. The van der Waals surface area contributed by atoms with Crippen LogP contribution in [0.5, 0.6) is 0 Å². The summed E-state index contributed by atoms with van der Waals surface area (Å²) in [4.78, 5) is 32.4. The number of nitrogens with zero attached hydrogens (tertiary/aromatic N) is 2. The zero-order valence-electron chi connectivity index (χ0n) is 20.7. The molecule has 1 spiro atoms. The highest BCUT2D eigenvalue weighted by Crippen LogP contribution is 2.49. The van der Waals surface area contributed by atoms with E-state index < -0.39 is 0 Å². The second-order valence-corrected chi connectivity index (χ2v) is 10.9. The second-order valence-electron chi connectivity index (χ2n) is 9.97. The van der Waals surface area contributed by atoms with Crippen molar-refractivity contribution in [1.82, 2.24) is 9.55 Å². The lowest BCUT2D eigenvalue weighted by molar-refractivity contribution is -0.113. The molecule has 2 aliphatic rings. The van der Waals surface area contributed by atoms with E-state index in [0.717, 1.165) is 60.3 Å². The number of para-hydroxylation sites is 2. The molecule has 3 aromatic carbocycles. The Balaban J connectivity index is 1.47. The average Bonchev–Trinajstić information content (AvgIpc) is 2.93. The van der Waals surface area contributed by atoms with E-state index in [1.54, 1.807) is 4.57 Å². The minimum atomic E-state index is -0.184. The maximum absolute atomic E-state index is 14.5. The summed E-state index contributed by atoms with van der Waals surface area (Å²) in [6.45, 7) is 0. The summed E-state index contributed by atoms with van der Waals surface area (Å²) in [5, 5.41) is 3.48. The van der Waals surface area contributed by atoms with E-state index >= 15 is 0 Å². The van der Waals surface area contributed by atoms with E-state index in [4.69, 9.17) is 4.98 Å². The monoisotopic (exact) mass is 507 g/mol. The van der Waals surface area contributed by atoms with Gasteiger partial charge in [0, 0.05) is 16.7 Å². The van der Waals surface area contributed by atoms with Crippen LogP contribution in [0, 0.1) is 0 Å². The van der Waals surface area contributed by atoms with Crippen LogP contribution in [-0.4, -0.2) is 21.2 Å². The fourth-order valence-electron chi connectivity index (χ4n) is 5.94. The van der Waals surface area contributed by atoms with Gasteiger partial charge in [0.1, 0.15) is 0 Å². The summed E-state index contributed by atoms with van der Waals surface area (Å²) in [6.07, 6.45) is 6.36. The van der Waals surface area contributed by atoms with E-state index in [2.05, 4.69) is 23.5 Å². The van der Waals surface area contributed by atoms with Crippen molar-refractivity contribution in [2.45, 2.75) is 49.1 Å². The third-order valence-corrected chi connectivity index (χ3v) is 8.54. The summed E-state index contributed by atoms with van der Waals surface area (Å²) in [5.74, 6) is 0.0201. The number of amides is 1. The van der Waals surface area contributed by atoms with E-state index in [-0.39, 0.29) is 22.6 Å². The maximum atomic E-state index is 14.5. The van der Waals surface area contributed by atoms with Crippen molar-refractivity contribution in [2.75, 3.05) is 11.1 Å². The molecule has 1 heterocycles. The summed E-state index contributed by atoms with van der Waals surface area (Å²) in [7, 11) is 0. The van der Waals surface area contributed by atoms with Gasteiger partial charge in [-0.2, -0.15) is 0 Å². The molecule has 1 saturated carbocycles. The van der Waals surface area contributed by atoms with Gasteiger partial charge in [-0.05, 0) is 49.1 Å². The van der Waals surface area contributed by atoms with Gasteiger partial charge < -0.3 is 5.32 Å². The molecule has 186 valence electrons. The number of aromatic nitrogens is 2. The first kappa shape index (κ1) is 23.7. The van der Waals surface area contributed by atoms with Crippen molar-refractivity contribution in [1.29, 1.82) is 0 Å². The lowest BCUT2D eigenvalue weighted by atomic mass is 9.62. The third kappa shape index (κ3) is 4.51. The first-order chi connectivity index (χ1) is 18.1. The molecule has 1 aromatic heterocycles. The van der Waals surface area contributed by atoms with Crippen LogP contribution in [0.2, 0.25) is 0 Å². The van der Waals surface area contributed by atoms with Crippen LogP contribution in [0.15, 0.2) is 94.9 Å². The Morgan fingerprint density at radius 1 is 0.892 bits per heavy atom. The van der Waals surface area contributed by atoms with E-state index in [1.165, 1.54) is 23.7 Å². The number of hydrogen-bond acceptors (Lipinski definition) is 4. The lowest BCUT2D eigenvalue weighted by Crippen LogP contribution is -2.43. The van der Waals surface area contributed by atoms with Crippen molar-refractivity contribution in [3.63, 3.8) is 0 Å². The topological polar surface area (TPSA) is 64.0 Å². The Kier molecular flexibility index (Phi) is 6.43. The van der Waals surface area contributed by atoms with Gasteiger partial charge >= 0.3 is 0 Å². The molecule has 0 aliphatic heterocycles. The number of anilines is 1. The molecule has 2 aliphatic carbocycles. The fraction of sp³-hybridized carbons (Fsp3) is 0.258. The zero-order chi connectivity index (χ0) is 25.2. The molecule has 5 nitrogen and oxygen atoms in total. The summed E-state index contributed by atoms with van der Waals surface area (Å²) >= 11 is 1.31. The number of hydrogen-bond donors (Lipinski definition) is 1. The van der Waals surface area contributed by atoms with Crippen molar-refractivity contribution < 1.29 is 4.79 Å². The second kappa shape index (κ2) is 10.0. The van der Waals surface area contributed by atoms with Crippen LogP contribution < -0.4 is 10.9 Å². The van der Waals surface area contributed by atoms with Crippen LogP contribution in [0.1, 0.15) is 43.2 Å². The Morgan fingerprint density at radius 3 is 2.32 bits per heavy atom. The molecule has 37 heavy (non-hydrogen) atoms. The number of nitrogens with one attached hydrogen (secondary N) is 1. The lowest BCUT2D eigenvalue weighted by Gasteiger charge is -2.42. The fourth-order valence-corrected chi connectivity index (χ4v) is 6.74. The normalized spacial score (nSPS) is 15.6. The first-order valence-electron chi connectivity index (χ1n) is 12.9. The average molecular weight is 508 g/mol. The number of benzene rings is 3.